The minimum absolute atomic E-state index is 0.0708. The fourth-order valence-corrected chi connectivity index (χ4v) is 10.8. The topological polar surface area (TPSA) is 69.6 Å². The fourth-order valence-electron chi connectivity index (χ4n) is 10.8. The third-order valence-electron chi connectivity index (χ3n) is 16.0. The molecule has 75 heavy (non-hydrogen) atoms. The van der Waals surface area contributed by atoms with E-state index < -0.39 is 12.1 Å². The molecule has 1 amide bonds. The van der Waals surface area contributed by atoms with Crippen molar-refractivity contribution in [1.29, 1.82) is 0 Å². The average molecular weight is 1050 g/mol. The van der Waals surface area contributed by atoms with Crippen LogP contribution in [0.3, 0.4) is 0 Å². The van der Waals surface area contributed by atoms with Crippen LogP contribution in [-0.4, -0.2) is 34.9 Å². The van der Waals surface area contributed by atoms with Gasteiger partial charge in [0.25, 0.3) is 0 Å². The summed E-state index contributed by atoms with van der Waals surface area (Å²) in [5.41, 5.74) is 0. The maximum absolute atomic E-state index is 12.5. The highest BCUT2D eigenvalue weighted by Crippen LogP contribution is 2.18. The van der Waals surface area contributed by atoms with E-state index in [-0.39, 0.29) is 12.5 Å². The zero-order valence-corrected chi connectivity index (χ0v) is 51.1. The van der Waals surface area contributed by atoms with E-state index in [1.165, 1.54) is 321 Å². The smallest absolute Gasteiger partial charge is 0.220 e. The molecule has 0 heterocycles. The third-order valence-corrected chi connectivity index (χ3v) is 16.0. The van der Waals surface area contributed by atoms with E-state index in [0.717, 1.165) is 38.5 Å². The molecule has 0 aromatic carbocycles. The Kier molecular flexibility index (Phi) is 65.2. The fraction of sp³-hybridized carbons (Fsp3) is 0.873. The highest BCUT2D eigenvalue weighted by atomic mass is 16.3. The number of carbonyl (C=O) groups is 1. The van der Waals surface area contributed by atoms with Crippen LogP contribution in [0.15, 0.2) is 48.6 Å². The highest BCUT2D eigenvalue weighted by molar-refractivity contribution is 5.76. The van der Waals surface area contributed by atoms with Gasteiger partial charge in [-0.1, -0.05) is 351 Å². The van der Waals surface area contributed by atoms with Crippen LogP contribution in [0, 0.1) is 0 Å². The molecule has 4 nitrogen and oxygen atoms in total. The number of amides is 1. The lowest BCUT2D eigenvalue weighted by molar-refractivity contribution is -0.123. The molecule has 0 saturated carbocycles. The van der Waals surface area contributed by atoms with Gasteiger partial charge in [0.1, 0.15) is 0 Å². The number of unbranched alkanes of at least 4 members (excludes halogenated alkanes) is 51. The van der Waals surface area contributed by atoms with Crippen molar-refractivity contribution < 1.29 is 15.0 Å². The van der Waals surface area contributed by atoms with Crippen molar-refractivity contribution >= 4 is 5.91 Å². The molecule has 0 aliphatic carbocycles. The Morgan fingerprint density at radius 2 is 0.520 bits per heavy atom. The summed E-state index contributed by atoms with van der Waals surface area (Å²) in [6.07, 6.45) is 93.5. The van der Waals surface area contributed by atoms with Gasteiger partial charge in [0.15, 0.2) is 0 Å². The third kappa shape index (κ3) is 63.1. The van der Waals surface area contributed by atoms with Crippen LogP contribution < -0.4 is 5.32 Å². The molecule has 3 N–H and O–H groups in total. The molecule has 0 radical (unpaired) electrons. The number of aliphatic hydroxyl groups is 2. The van der Waals surface area contributed by atoms with Gasteiger partial charge in [0.2, 0.25) is 5.91 Å². The Hall–Kier alpha value is -1.65. The summed E-state index contributed by atoms with van der Waals surface area (Å²) < 4.78 is 0. The van der Waals surface area contributed by atoms with Crippen molar-refractivity contribution in [3.63, 3.8) is 0 Å². The van der Waals surface area contributed by atoms with Crippen molar-refractivity contribution in [1.82, 2.24) is 5.32 Å². The Morgan fingerprint density at radius 3 is 0.773 bits per heavy atom. The van der Waals surface area contributed by atoms with Gasteiger partial charge in [0.05, 0.1) is 18.8 Å². The van der Waals surface area contributed by atoms with E-state index >= 15 is 0 Å². The molecular weight excluding hydrogens is 915 g/mol. The first kappa shape index (κ1) is 73.3. The van der Waals surface area contributed by atoms with Crippen molar-refractivity contribution in [3.8, 4) is 0 Å². The van der Waals surface area contributed by atoms with Crippen molar-refractivity contribution in [2.45, 2.75) is 392 Å². The van der Waals surface area contributed by atoms with Crippen molar-refractivity contribution in [3.05, 3.63) is 48.6 Å². The van der Waals surface area contributed by atoms with Crippen molar-refractivity contribution in [2.24, 2.45) is 0 Å². The Morgan fingerprint density at radius 1 is 0.307 bits per heavy atom. The zero-order valence-electron chi connectivity index (χ0n) is 51.1. The van der Waals surface area contributed by atoms with Gasteiger partial charge in [-0.25, -0.2) is 0 Å². The van der Waals surface area contributed by atoms with Crippen LogP contribution in [0.5, 0.6) is 0 Å². The Bertz CT molecular complexity index is 1190. The molecule has 0 aliphatic rings. The standard InChI is InChI=1S/C71H135NO3/c1-3-5-7-9-11-13-15-17-19-21-23-25-27-29-30-31-32-33-34-35-36-37-38-39-40-41-42-43-45-47-49-51-53-55-57-59-61-63-65-67-71(75)72-69(68-73)70(74)66-64-62-60-58-56-54-52-50-48-46-44-28-26-24-22-20-18-16-14-12-10-8-6-4-2/h21,23,48,50,56,58,64,66,69-70,73-74H,3-20,22,24-47,49,51-55,57,59-63,65,67-68H2,1-2H3,(H,72,75)/b23-21-,50-48+,58-56+,66-64+. The first-order valence-electron chi connectivity index (χ1n) is 34.4. The molecule has 0 aliphatic heterocycles. The van der Waals surface area contributed by atoms with Gasteiger partial charge in [-0.05, 0) is 70.6 Å². The maximum atomic E-state index is 12.5. The Labute approximate surface area is 471 Å². The van der Waals surface area contributed by atoms with Crippen LogP contribution in [0.25, 0.3) is 0 Å². The van der Waals surface area contributed by atoms with Gasteiger partial charge in [-0.2, -0.15) is 0 Å². The molecule has 0 aromatic rings. The summed E-state index contributed by atoms with van der Waals surface area (Å²) in [4.78, 5) is 12.5. The summed E-state index contributed by atoms with van der Waals surface area (Å²) in [6.45, 7) is 4.33. The van der Waals surface area contributed by atoms with Gasteiger partial charge in [-0.3, -0.25) is 4.79 Å². The molecule has 442 valence electrons. The molecule has 0 rings (SSSR count). The molecule has 0 spiro atoms. The number of hydrogen-bond acceptors (Lipinski definition) is 3. The first-order valence-corrected chi connectivity index (χ1v) is 34.4. The van der Waals surface area contributed by atoms with Crippen LogP contribution in [0.2, 0.25) is 0 Å². The monoisotopic (exact) mass is 1050 g/mol. The summed E-state index contributed by atoms with van der Waals surface area (Å²) in [5.74, 6) is -0.0708. The largest absolute Gasteiger partial charge is 0.394 e. The molecular formula is C71H135NO3. The number of carbonyl (C=O) groups excluding carboxylic acids is 1. The van der Waals surface area contributed by atoms with E-state index in [1.54, 1.807) is 6.08 Å². The van der Waals surface area contributed by atoms with Crippen LogP contribution in [0.1, 0.15) is 380 Å². The zero-order chi connectivity index (χ0) is 54.1. The lowest BCUT2D eigenvalue weighted by Crippen LogP contribution is -2.45. The molecule has 4 heteroatoms. The van der Waals surface area contributed by atoms with Gasteiger partial charge >= 0.3 is 0 Å². The van der Waals surface area contributed by atoms with Gasteiger partial charge in [-0.15, -0.1) is 0 Å². The summed E-state index contributed by atoms with van der Waals surface area (Å²) in [6, 6.07) is -0.646. The molecule has 2 unspecified atom stereocenters. The molecule has 0 saturated heterocycles. The molecule has 0 aromatic heterocycles. The van der Waals surface area contributed by atoms with Crippen LogP contribution in [-0.2, 0) is 4.79 Å². The van der Waals surface area contributed by atoms with E-state index in [0.29, 0.717) is 6.42 Å². The second kappa shape index (κ2) is 66.6. The minimum atomic E-state index is -0.871. The number of aliphatic hydroxyl groups excluding tert-OH is 2. The lowest BCUT2D eigenvalue weighted by atomic mass is 10.0. The van der Waals surface area contributed by atoms with E-state index in [1.807, 2.05) is 6.08 Å². The quantitative estimate of drug-likeness (QED) is 0.0420. The predicted molar refractivity (Wildman–Crippen MR) is 336 cm³/mol. The SMILES string of the molecule is CCCCCCCCCC/C=C\CCCCCCCCCCCCCCCCCCCCCCCCCCCCCC(=O)NC(CO)C(O)/C=C/CC/C=C/CC/C=C/CCCCCCCCCCCCCCCC. The average Bonchev–Trinajstić information content (AvgIpc) is 3.41. The first-order chi connectivity index (χ1) is 37.2. The minimum Gasteiger partial charge on any atom is -0.394 e. The maximum Gasteiger partial charge on any atom is 0.220 e. The van der Waals surface area contributed by atoms with Gasteiger partial charge < -0.3 is 15.5 Å². The molecule has 2 atom stereocenters. The second-order valence-corrected chi connectivity index (χ2v) is 23.6. The van der Waals surface area contributed by atoms with E-state index in [4.69, 9.17) is 0 Å². The number of nitrogens with one attached hydrogen (secondary N) is 1. The Balaban J connectivity index is 3.44. The number of allylic oxidation sites excluding steroid dienone is 7. The second-order valence-electron chi connectivity index (χ2n) is 23.6. The number of hydrogen-bond donors (Lipinski definition) is 3. The normalized spacial score (nSPS) is 13.0. The summed E-state index contributed by atoms with van der Waals surface area (Å²) >= 11 is 0. The van der Waals surface area contributed by atoms with Crippen LogP contribution in [0.4, 0.5) is 0 Å². The lowest BCUT2D eigenvalue weighted by Gasteiger charge is -2.19. The van der Waals surface area contributed by atoms with Crippen LogP contribution >= 0.6 is 0 Å². The highest BCUT2D eigenvalue weighted by Gasteiger charge is 2.18. The molecule has 0 fully saturated rings. The van der Waals surface area contributed by atoms with Gasteiger partial charge in [0, 0.05) is 6.42 Å². The summed E-state index contributed by atoms with van der Waals surface area (Å²) in [7, 11) is 0. The van der Waals surface area contributed by atoms with E-state index in [9.17, 15) is 15.0 Å². The number of rotatable bonds is 64. The predicted octanol–water partition coefficient (Wildman–Crippen LogP) is 23.3. The molecule has 0 bridgehead atoms. The summed E-state index contributed by atoms with van der Waals surface area (Å²) in [5, 5.41) is 23.2. The van der Waals surface area contributed by atoms with E-state index in [2.05, 4.69) is 55.6 Å². The van der Waals surface area contributed by atoms with Crippen molar-refractivity contribution in [2.75, 3.05) is 6.61 Å².